The molecule has 0 aliphatic heterocycles. The fourth-order valence-corrected chi connectivity index (χ4v) is 4.04. The SMILES string of the molecule is Cc1sc2ncn(NC(=O)c3ccc(Cl)cc3)c(=O)c2c1-c1ccccc1. The first-order valence-corrected chi connectivity index (χ1v) is 9.37. The van der Waals surface area contributed by atoms with E-state index in [0.717, 1.165) is 20.7 Å². The standard InChI is InChI=1S/C20H14ClN3O2S/c1-12-16(13-5-3-2-4-6-13)17-19(27-12)22-11-24(20(17)26)23-18(25)14-7-9-15(21)10-8-14/h2-11H,1H3,(H,23,25). The highest BCUT2D eigenvalue weighted by Gasteiger charge is 2.17. The van der Waals surface area contributed by atoms with Crippen LogP contribution in [0.15, 0.2) is 65.7 Å². The van der Waals surface area contributed by atoms with Crippen molar-refractivity contribution >= 4 is 39.1 Å². The van der Waals surface area contributed by atoms with Gasteiger partial charge in [0.05, 0.1) is 5.39 Å². The molecule has 0 saturated heterocycles. The smallest absolute Gasteiger partial charge is 0.267 e. The number of aromatic nitrogens is 2. The van der Waals surface area contributed by atoms with E-state index in [2.05, 4.69) is 10.4 Å². The lowest BCUT2D eigenvalue weighted by Gasteiger charge is -2.08. The zero-order valence-electron chi connectivity index (χ0n) is 14.3. The van der Waals surface area contributed by atoms with Crippen LogP contribution in [0.25, 0.3) is 21.3 Å². The van der Waals surface area contributed by atoms with Gasteiger partial charge >= 0.3 is 0 Å². The largest absolute Gasteiger partial charge is 0.281 e. The maximum absolute atomic E-state index is 13.1. The molecule has 27 heavy (non-hydrogen) atoms. The van der Waals surface area contributed by atoms with E-state index in [1.165, 1.54) is 17.7 Å². The fourth-order valence-electron chi connectivity index (χ4n) is 2.91. The summed E-state index contributed by atoms with van der Waals surface area (Å²) >= 11 is 7.31. The lowest BCUT2D eigenvalue weighted by Crippen LogP contribution is -2.33. The third-order valence-corrected chi connectivity index (χ3v) is 5.44. The number of aryl methyl sites for hydroxylation is 1. The molecule has 0 spiro atoms. The van der Waals surface area contributed by atoms with E-state index in [1.807, 2.05) is 37.3 Å². The molecule has 1 N–H and O–H groups in total. The summed E-state index contributed by atoms with van der Waals surface area (Å²) in [5, 5.41) is 1.04. The third-order valence-electron chi connectivity index (χ3n) is 4.18. The molecular formula is C20H14ClN3O2S. The van der Waals surface area contributed by atoms with Gasteiger partial charge in [-0.1, -0.05) is 41.9 Å². The number of nitrogens with zero attached hydrogens (tertiary/aromatic N) is 2. The number of halogens is 1. The van der Waals surface area contributed by atoms with Crippen molar-refractivity contribution in [2.24, 2.45) is 0 Å². The van der Waals surface area contributed by atoms with Crippen molar-refractivity contribution in [1.29, 1.82) is 0 Å². The molecule has 0 aliphatic carbocycles. The number of carbonyl (C=O) groups excluding carboxylic acids is 1. The Balaban J connectivity index is 1.79. The van der Waals surface area contributed by atoms with Crippen LogP contribution < -0.4 is 11.0 Å². The highest BCUT2D eigenvalue weighted by atomic mass is 35.5. The highest BCUT2D eigenvalue weighted by molar-refractivity contribution is 7.19. The van der Waals surface area contributed by atoms with Gasteiger partial charge in [0.25, 0.3) is 11.5 Å². The molecular weight excluding hydrogens is 382 g/mol. The average molecular weight is 396 g/mol. The summed E-state index contributed by atoms with van der Waals surface area (Å²) in [5.41, 5.74) is 4.47. The molecule has 4 rings (SSSR count). The van der Waals surface area contributed by atoms with Gasteiger partial charge in [0.1, 0.15) is 11.2 Å². The van der Waals surface area contributed by atoms with Gasteiger partial charge in [0, 0.05) is 21.0 Å². The highest BCUT2D eigenvalue weighted by Crippen LogP contribution is 2.35. The first-order valence-electron chi connectivity index (χ1n) is 8.17. The number of fused-ring (bicyclic) bond motifs is 1. The fraction of sp³-hybridized carbons (Fsp3) is 0.0500. The van der Waals surface area contributed by atoms with Crippen molar-refractivity contribution in [1.82, 2.24) is 9.66 Å². The molecule has 5 nitrogen and oxygen atoms in total. The lowest BCUT2D eigenvalue weighted by molar-refractivity contribution is 0.101. The molecule has 7 heteroatoms. The minimum atomic E-state index is -0.414. The summed E-state index contributed by atoms with van der Waals surface area (Å²) in [6.45, 7) is 1.96. The summed E-state index contributed by atoms with van der Waals surface area (Å²) in [6, 6.07) is 16.1. The monoisotopic (exact) mass is 395 g/mol. The molecule has 134 valence electrons. The molecule has 0 radical (unpaired) electrons. The number of rotatable bonds is 3. The van der Waals surface area contributed by atoms with Crippen LogP contribution in [-0.2, 0) is 0 Å². The van der Waals surface area contributed by atoms with Gasteiger partial charge in [-0.25, -0.2) is 9.66 Å². The summed E-state index contributed by atoms with van der Waals surface area (Å²) in [4.78, 5) is 31.5. The van der Waals surface area contributed by atoms with Crippen LogP contribution >= 0.6 is 22.9 Å². The van der Waals surface area contributed by atoms with Crippen molar-refractivity contribution < 1.29 is 4.79 Å². The normalized spacial score (nSPS) is 10.9. The van der Waals surface area contributed by atoms with Crippen molar-refractivity contribution in [3.8, 4) is 11.1 Å². The van der Waals surface area contributed by atoms with Gasteiger partial charge in [0.2, 0.25) is 0 Å². The Morgan fingerprint density at radius 3 is 2.52 bits per heavy atom. The number of carbonyl (C=O) groups is 1. The van der Waals surface area contributed by atoms with Crippen molar-refractivity contribution in [2.45, 2.75) is 6.92 Å². The van der Waals surface area contributed by atoms with E-state index < -0.39 is 5.91 Å². The molecule has 4 aromatic rings. The molecule has 2 aromatic carbocycles. The van der Waals surface area contributed by atoms with Crippen molar-refractivity contribution in [2.75, 3.05) is 5.43 Å². The zero-order valence-corrected chi connectivity index (χ0v) is 15.8. The molecule has 0 fully saturated rings. The first-order chi connectivity index (χ1) is 13.0. The van der Waals surface area contributed by atoms with Gasteiger partial charge in [-0.15, -0.1) is 11.3 Å². The van der Waals surface area contributed by atoms with Gasteiger partial charge in [-0.05, 0) is 36.8 Å². The Bertz CT molecular complexity index is 1200. The minimum absolute atomic E-state index is 0.314. The van der Waals surface area contributed by atoms with Crippen LogP contribution in [0.5, 0.6) is 0 Å². The number of benzene rings is 2. The number of thiophene rings is 1. The maximum atomic E-state index is 13.1. The number of nitrogens with one attached hydrogen (secondary N) is 1. The third kappa shape index (κ3) is 3.25. The molecule has 0 atom stereocenters. The Morgan fingerprint density at radius 2 is 1.81 bits per heavy atom. The minimum Gasteiger partial charge on any atom is -0.267 e. The van der Waals surface area contributed by atoms with E-state index in [9.17, 15) is 9.59 Å². The average Bonchev–Trinajstić information content (AvgIpc) is 3.02. The van der Waals surface area contributed by atoms with E-state index in [1.54, 1.807) is 24.3 Å². The molecule has 0 unspecified atom stereocenters. The van der Waals surface area contributed by atoms with Crippen LogP contribution in [0.4, 0.5) is 0 Å². The molecule has 0 saturated carbocycles. The maximum Gasteiger partial charge on any atom is 0.281 e. The second kappa shape index (κ2) is 6.98. The second-order valence-corrected chi connectivity index (χ2v) is 7.59. The lowest BCUT2D eigenvalue weighted by atomic mass is 10.0. The van der Waals surface area contributed by atoms with Gasteiger partial charge in [0.15, 0.2) is 0 Å². The Kier molecular flexibility index (Phi) is 4.51. The summed E-state index contributed by atoms with van der Waals surface area (Å²) < 4.78 is 1.12. The van der Waals surface area contributed by atoms with Gasteiger partial charge in [-0.3, -0.25) is 15.0 Å². The number of hydrogen-bond donors (Lipinski definition) is 1. The number of hydrogen-bond acceptors (Lipinski definition) is 4. The van der Waals surface area contributed by atoms with Crippen LogP contribution in [0.1, 0.15) is 15.2 Å². The van der Waals surface area contributed by atoms with Crippen LogP contribution in [0, 0.1) is 6.92 Å². The first kappa shape index (κ1) is 17.5. The van der Waals surface area contributed by atoms with E-state index in [-0.39, 0.29) is 5.56 Å². The molecule has 1 amide bonds. The van der Waals surface area contributed by atoms with Crippen molar-refractivity contribution in [3.63, 3.8) is 0 Å². The Labute approximate surface area is 163 Å². The Morgan fingerprint density at radius 1 is 1.11 bits per heavy atom. The van der Waals surface area contributed by atoms with Crippen LogP contribution in [0.3, 0.4) is 0 Å². The Hall–Kier alpha value is -2.96. The summed E-state index contributed by atoms with van der Waals surface area (Å²) in [5.74, 6) is -0.414. The topological polar surface area (TPSA) is 64.0 Å². The summed E-state index contributed by atoms with van der Waals surface area (Å²) in [6.07, 6.45) is 1.34. The van der Waals surface area contributed by atoms with Crippen LogP contribution in [0.2, 0.25) is 5.02 Å². The molecule has 2 heterocycles. The van der Waals surface area contributed by atoms with E-state index in [4.69, 9.17) is 11.6 Å². The predicted octanol–water partition coefficient (Wildman–Crippen LogP) is 4.47. The summed E-state index contributed by atoms with van der Waals surface area (Å²) in [7, 11) is 0. The second-order valence-electron chi connectivity index (χ2n) is 5.95. The molecule has 2 aromatic heterocycles. The van der Waals surface area contributed by atoms with Gasteiger partial charge in [-0.2, -0.15) is 0 Å². The van der Waals surface area contributed by atoms with Crippen LogP contribution in [-0.4, -0.2) is 15.6 Å². The number of amides is 1. The quantitative estimate of drug-likeness (QED) is 0.556. The zero-order chi connectivity index (χ0) is 19.0. The van der Waals surface area contributed by atoms with Gasteiger partial charge < -0.3 is 0 Å². The molecule has 0 aliphatic rings. The van der Waals surface area contributed by atoms with Crippen molar-refractivity contribution in [3.05, 3.63) is 86.7 Å². The predicted molar refractivity (Wildman–Crippen MR) is 109 cm³/mol. The molecule has 0 bridgehead atoms. The van der Waals surface area contributed by atoms with E-state index in [0.29, 0.717) is 20.8 Å². The van der Waals surface area contributed by atoms with E-state index >= 15 is 0 Å².